The van der Waals surface area contributed by atoms with Gasteiger partial charge in [-0.05, 0) is 47.5 Å². The molecule has 6 rings (SSSR count). The van der Waals surface area contributed by atoms with Gasteiger partial charge in [-0.1, -0.05) is 24.3 Å². The first kappa shape index (κ1) is 23.2. The second-order valence-electron chi connectivity index (χ2n) is 8.76. The maximum atomic E-state index is 13.7. The minimum Gasteiger partial charge on any atom is -0.454 e. The summed E-state index contributed by atoms with van der Waals surface area (Å²) in [7, 11) is -3.97. The number of nitrogens with zero attached hydrogens (tertiary/aromatic N) is 1. The number of nitrogens with one attached hydrogen (secondary N) is 1. The zero-order valence-electron chi connectivity index (χ0n) is 19.5. The minimum atomic E-state index is -3.97. The number of para-hydroxylation sites is 1. The van der Waals surface area contributed by atoms with Gasteiger partial charge < -0.3 is 29.2 Å². The topological polar surface area (TPSA) is 120 Å². The largest absolute Gasteiger partial charge is 0.454 e. The molecule has 0 aromatic heterocycles. The van der Waals surface area contributed by atoms with Crippen LogP contribution >= 0.6 is 0 Å². The molecule has 3 aliphatic heterocycles. The molecule has 0 saturated heterocycles. The maximum absolute atomic E-state index is 13.7. The van der Waals surface area contributed by atoms with E-state index in [4.69, 9.17) is 18.9 Å². The zero-order chi connectivity index (χ0) is 25.6. The second-order valence-corrected chi connectivity index (χ2v) is 10.9. The van der Waals surface area contributed by atoms with Gasteiger partial charge in [0, 0.05) is 13.0 Å². The van der Waals surface area contributed by atoms with Crippen molar-refractivity contribution in [3.63, 3.8) is 0 Å². The van der Waals surface area contributed by atoms with Gasteiger partial charge in [-0.3, -0.25) is 9.59 Å². The smallest absolute Gasteiger partial charge is 0.240 e. The molecule has 0 spiro atoms. The number of benzene rings is 3. The highest BCUT2D eigenvalue weighted by atomic mass is 32.2. The van der Waals surface area contributed by atoms with Crippen LogP contribution in [0.4, 0.5) is 5.69 Å². The van der Waals surface area contributed by atoms with Crippen molar-refractivity contribution in [3.05, 3.63) is 71.8 Å². The Bertz CT molecular complexity index is 1520. The normalized spacial score (nSPS) is 18.8. The monoisotopic (exact) mass is 522 g/mol. The first-order valence-corrected chi connectivity index (χ1v) is 13.1. The number of rotatable bonds is 5. The molecule has 190 valence electrons. The molecule has 10 nitrogen and oxygen atoms in total. The van der Waals surface area contributed by atoms with Crippen LogP contribution in [0.3, 0.4) is 0 Å². The van der Waals surface area contributed by atoms with E-state index in [0.717, 1.165) is 5.56 Å². The van der Waals surface area contributed by atoms with Gasteiger partial charge in [0.25, 0.3) is 0 Å². The molecule has 0 saturated carbocycles. The number of amides is 2. The molecule has 2 amide bonds. The van der Waals surface area contributed by atoms with Crippen LogP contribution in [-0.4, -0.2) is 40.4 Å². The number of hydrogen-bond donors (Lipinski definition) is 1. The lowest BCUT2D eigenvalue weighted by Crippen LogP contribution is -2.40. The Labute approximate surface area is 212 Å². The molecule has 3 aromatic rings. The Morgan fingerprint density at radius 3 is 2.35 bits per heavy atom. The van der Waals surface area contributed by atoms with E-state index in [1.165, 1.54) is 17.0 Å². The quantitative estimate of drug-likeness (QED) is 0.543. The van der Waals surface area contributed by atoms with E-state index in [1.807, 2.05) is 6.07 Å². The first-order valence-electron chi connectivity index (χ1n) is 11.6. The summed E-state index contributed by atoms with van der Waals surface area (Å²) in [6, 6.07) is 16.4. The lowest BCUT2D eigenvalue weighted by Gasteiger charge is -2.22. The summed E-state index contributed by atoms with van der Waals surface area (Å²) >= 11 is 0. The third-order valence-electron chi connectivity index (χ3n) is 6.50. The van der Waals surface area contributed by atoms with E-state index in [0.29, 0.717) is 28.6 Å². The molecule has 0 radical (unpaired) electrons. The lowest BCUT2D eigenvalue weighted by atomic mass is 10.1. The number of ether oxygens (including phenoxy) is 4. The second kappa shape index (κ2) is 9.00. The predicted molar refractivity (Wildman–Crippen MR) is 130 cm³/mol. The molecule has 1 atom stereocenters. The van der Waals surface area contributed by atoms with Gasteiger partial charge in [0.1, 0.15) is 6.54 Å². The molecule has 0 bridgehead atoms. The molecule has 3 aliphatic rings. The maximum Gasteiger partial charge on any atom is 0.240 e. The highest BCUT2D eigenvalue weighted by molar-refractivity contribution is 7.92. The molecule has 0 aliphatic carbocycles. The van der Waals surface area contributed by atoms with Gasteiger partial charge >= 0.3 is 0 Å². The van der Waals surface area contributed by atoms with Crippen LogP contribution in [0.1, 0.15) is 22.8 Å². The number of fused-ring (bicyclic) bond motifs is 3. The SMILES string of the molecule is O=C(CN1C(=O)CC(c2ccc3c(c2)OCO3)S(=O)(=O)c2ccccc21)NCc1ccc2c(c1)OCO2. The number of hydrogen-bond acceptors (Lipinski definition) is 8. The summed E-state index contributed by atoms with van der Waals surface area (Å²) in [5.74, 6) is 1.28. The van der Waals surface area contributed by atoms with Crippen molar-refractivity contribution in [2.24, 2.45) is 0 Å². The fourth-order valence-corrected chi connectivity index (χ4v) is 6.53. The number of anilines is 1. The highest BCUT2D eigenvalue weighted by Gasteiger charge is 2.40. The van der Waals surface area contributed by atoms with Crippen LogP contribution in [0.15, 0.2) is 65.6 Å². The third kappa shape index (κ3) is 4.20. The van der Waals surface area contributed by atoms with Crippen LogP contribution in [0, 0.1) is 0 Å². The van der Waals surface area contributed by atoms with Crippen molar-refractivity contribution >= 4 is 27.3 Å². The van der Waals surface area contributed by atoms with Crippen LogP contribution in [0.5, 0.6) is 23.0 Å². The molecular weight excluding hydrogens is 500 g/mol. The van der Waals surface area contributed by atoms with Crippen LogP contribution in [0.25, 0.3) is 0 Å². The van der Waals surface area contributed by atoms with Crippen molar-refractivity contribution < 1.29 is 37.0 Å². The molecular formula is C26H22N2O8S. The Balaban J connectivity index is 1.25. The molecule has 3 aromatic carbocycles. The Morgan fingerprint density at radius 2 is 1.57 bits per heavy atom. The fourth-order valence-electron chi connectivity index (χ4n) is 4.62. The molecule has 37 heavy (non-hydrogen) atoms. The summed E-state index contributed by atoms with van der Waals surface area (Å²) in [4.78, 5) is 27.5. The molecule has 3 heterocycles. The van der Waals surface area contributed by atoms with Gasteiger partial charge in [-0.25, -0.2) is 8.42 Å². The van der Waals surface area contributed by atoms with Crippen molar-refractivity contribution in [2.45, 2.75) is 23.1 Å². The zero-order valence-corrected chi connectivity index (χ0v) is 20.3. The average Bonchev–Trinajstić information content (AvgIpc) is 3.56. The van der Waals surface area contributed by atoms with Gasteiger partial charge in [0.2, 0.25) is 25.4 Å². The van der Waals surface area contributed by atoms with Crippen LogP contribution in [0.2, 0.25) is 0 Å². The summed E-state index contributed by atoms with van der Waals surface area (Å²) in [6.07, 6.45) is -0.327. The summed E-state index contributed by atoms with van der Waals surface area (Å²) < 4.78 is 48.9. The minimum absolute atomic E-state index is 0.00733. The van der Waals surface area contributed by atoms with Gasteiger partial charge in [-0.15, -0.1) is 0 Å². The van der Waals surface area contributed by atoms with E-state index in [9.17, 15) is 18.0 Å². The van der Waals surface area contributed by atoms with E-state index in [1.54, 1.807) is 42.5 Å². The molecule has 0 fully saturated rings. The van der Waals surface area contributed by atoms with Crippen LogP contribution < -0.4 is 29.2 Å². The summed E-state index contributed by atoms with van der Waals surface area (Å²) in [5, 5.41) is 1.65. The molecule has 1 N–H and O–H groups in total. The fraction of sp³-hybridized carbons (Fsp3) is 0.231. The Morgan fingerprint density at radius 1 is 0.892 bits per heavy atom. The van der Waals surface area contributed by atoms with Crippen molar-refractivity contribution in [1.82, 2.24) is 5.32 Å². The van der Waals surface area contributed by atoms with E-state index in [2.05, 4.69) is 5.32 Å². The number of carbonyl (C=O) groups is 2. The highest BCUT2D eigenvalue weighted by Crippen LogP contribution is 2.43. The first-order chi connectivity index (χ1) is 17.9. The predicted octanol–water partition coefficient (Wildman–Crippen LogP) is 2.71. The number of sulfone groups is 1. The van der Waals surface area contributed by atoms with Crippen molar-refractivity contribution in [1.29, 1.82) is 0 Å². The van der Waals surface area contributed by atoms with E-state index < -0.39 is 26.9 Å². The van der Waals surface area contributed by atoms with Gasteiger partial charge in [0.05, 0.1) is 15.8 Å². The summed E-state index contributed by atoms with van der Waals surface area (Å²) in [5.41, 5.74) is 1.39. The third-order valence-corrected chi connectivity index (χ3v) is 8.64. The van der Waals surface area contributed by atoms with Crippen molar-refractivity contribution in [3.8, 4) is 23.0 Å². The van der Waals surface area contributed by atoms with Gasteiger partial charge in [-0.2, -0.15) is 0 Å². The molecule has 11 heteroatoms. The summed E-state index contributed by atoms with van der Waals surface area (Å²) in [6.45, 7) is 0.0753. The standard InChI is InChI=1S/C26H22N2O8S/c29-25(27-12-16-5-7-19-21(9-16)35-14-33-19)13-28-18-3-1-2-4-23(18)37(31,32)24(11-26(28)30)17-6-8-20-22(10-17)36-15-34-20/h1-10,24H,11-15H2,(H,27,29). The Kier molecular flexibility index (Phi) is 5.64. The van der Waals surface area contributed by atoms with Crippen LogP contribution in [-0.2, 0) is 26.0 Å². The number of carbonyl (C=O) groups excluding carboxylic acids is 2. The van der Waals surface area contributed by atoms with E-state index in [-0.39, 0.29) is 43.7 Å². The molecule has 1 unspecified atom stereocenters. The van der Waals surface area contributed by atoms with E-state index >= 15 is 0 Å². The average molecular weight is 523 g/mol. The van der Waals surface area contributed by atoms with Gasteiger partial charge in [0.15, 0.2) is 32.8 Å². The Hall–Kier alpha value is -4.25. The van der Waals surface area contributed by atoms with Crippen molar-refractivity contribution in [2.75, 3.05) is 25.0 Å². The lowest BCUT2D eigenvalue weighted by molar-refractivity contribution is -0.124.